The van der Waals surface area contributed by atoms with E-state index in [9.17, 15) is 8.42 Å². The summed E-state index contributed by atoms with van der Waals surface area (Å²) in [6.07, 6.45) is 2.35. The third-order valence-electron chi connectivity index (χ3n) is 2.56. The van der Waals surface area contributed by atoms with Crippen molar-refractivity contribution in [2.45, 2.75) is 25.7 Å². The second-order valence-electron chi connectivity index (χ2n) is 4.13. The van der Waals surface area contributed by atoms with Crippen LogP contribution in [0.5, 0.6) is 0 Å². The van der Waals surface area contributed by atoms with Crippen molar-refractivity contribution in [2.75, 3.05) is 23.6 Å². The molecule has 2 N–H and O–H groups in total. The predicted octanol–water partition coefficient (Wildman–Crippen LogP) is 1.37. The van der Waals surface area contributed by atoms with Gasteiger partial charge in [0.1, 0.15) is 0 Å². The van der Waals surface area contributed by atoms with Crippen molar-refractivity contribution in [1.29, 1.82) is 0 Å². The topological polar surface area (TPSA) is 71.1 Å². The molecule has 1 aromatic rings. The van der Waals surface area contributed by atoms with Gasteiger partial charge in [-0.1, -0.05) is 6.92 Å². The van der Waals surface area contributed by atoms with Crippen molar-refractivity contribution in [3.05, 3.63) is 11.1 Å². The summed E-state index contributed by atoms with van der Waals surface area (Å²) >= 11 is 1.36. The summed E-state index contributed by atoms with van der Waals surface area (Å²) in [4.78, 5) is 4.29. The smallest absolute Gasteiger partial charge is 0.235 e. The molecule has 0 atom stereocenters. The van der Waals surface area contributed by atoms with Gasteiger partial charge in [0.05, 0.1) is 11.4 Å². The SMILES string of the molecule is CCNCCS(=O)(=O)Nc1nc(C2CC2)cs1. The van der Waals surface area contributed by atoms with E-state index in [0.29, 0.717) is 17.6 Å². The Balaban J connectivity index is 1.89. The lowest BCUT2D eigenvalue weighted by atomic mass is 10.3. The Labute approximate surface area is 106 Å². The van der Waals surface area contributed by atoms with E-state index in [1.807, 2.05) is 12.3 Å². The van der Waals surface area contributed by atoms with Crippen molar-refractivity contribution < 1.29 is 8.42 Å². The third kappa shape index (κ3) is 3.93. The molecule has 1 fully saturated rings. The summed E-state index contributed by atoms with van der Waals surface area (Å²) in [5, 5.41) is 5.42. The van der Waals surface area contributed by atoms with E-state index in [4.69, 9.17) is 0 Å². The highest BCUT2D eigenvalue weighted by molar-refractivity contribution is 7.92. The van der Waals surface area contributed by atoms with Gasteiger partial charge in [0.2, 0.25) is 10.0 Å². The maximum atomic E-state index is 11.7. The van der Waals surface area contributed by atoms with Crippen LogP contribution in [0.4, 0.5) is 5.13 Å². The molecule has 0 aromatic carbocycles. The van der Waals surface area contributed by atoms with Gasteiger partial charge < -0.3 is 5.32 Å². The Morgan fingerprint density at radius 1 is 1.53 bits per heavy atom. The van der Waals surface area contributed by atoms with E-state index in [1.54, 1.807) is 0 Å². The number of thiazole rings is 1. The van der Waals surface area contributed by atoms with Gasteiger partial charge in [-0.05, 0) is 19.4 Å². The van der Waals surface area contributed by atoms with Gasteiger partial charge in [0.25, 0.3) is 0 Å². The molecule has 0 amide bonds. The van der Waals surface area contributed by atoms with Crippen LogP contribution in [0.1, 0.15) is 31.4 Å². The van der Waals surface area contributed by atoms with Crippen LogP contribution < -0.4 is 10.0 Å². The summed E-state index contributed by atoms with van der Waals surface area (Å²) in [5.41, 5.74) is 1.03. The van der Waals surface area contributed by atoms with E-state index in [2.05, 4.69) is 15.0 Å². The molecule has 1 aromatic heterocycles. The number of hydrogen-bond acceptors (Lipinski definition) is 5. The standard InChI is InChI=1S/C10H17N3O2S2/c1-2-11-5-6-17(14,15)13-10-12-9(7-16-10)8-3-4-8/h7-8,11H,2-6H2,1H3,(H,12,13). The van der Waals surface area contributed by atoms with Gasteiger partial charge in [-0.15, -0.1) is 11.3 Å². The Hall–Kier alpha value is -0.660. The van der Waals surface area contributed by atoms with Gasteiger partial charge in [-0.2, -0.15) is 0 Å². The molecule has 7 heteroatoms. The highest BCUT2D eigenvalue weighted by Crippen LogP contribution is 2.40. The van der Waals surface area contributed by atoms with Crippen molar-refractivity contribution in [3.63, 3.8) is 0 Å². The summed E-state index contributed by atoms with van der Waals surface area (Å²) in [7, 11) is -3.26. The fraction of sp³-hybridized carbons (Fsp3) is 0.700. The molecule has 1 aliphatic rings. The second-order valence-corrected chi connectivity index (χ2v) is 6.83. The van der Waals surface area contributed by atoms with Gasteiger partial charge in [0.15, 0.2) is 5.13 Å². The highest BCUT2D eigenvalue weighted by Gasteiger charge is 2.26. The summed E-state index contributed by atoms with van der Waals surface area (Å²) < 4.78 is 25.9. The van der Waals surface area contributed by atoms with Gasteiger partial charge in [0, 0.05) is 17.8 Å². The Morgan fingerprint density at radius 3 is 2.94 bits per heavy atom. The molecule has 17 heavy (non-hydrogen) atoms. The first kappa shape index (κ1) is 12.8. The molecule has 0 radical (unpaired) electrons. The lowest BCUT2D eigenvalue weighted by Crippen LogP contribution is -2.26. The van der Waals surface area contributed by atoms with Crippen LogP contribution in [0.2, 0.25) is 0 Å². The number of aromatic nitrogens is 1. The predicted molar refractivity (Wildman–Crippen MR) is 70.0 cm³/mol. The number of nitrogens with one attached hydrogen (secondary N) is 2. The summed E-state index contributed by atoms with van der Waals surface area (Å²) in [6.45, 7) is 3.19. The number of anilines is 1. The number of nitrogens with zero attached hydrogens (tertiary/aromatic N) is 1. The molecule has 0 bridgehead atoms. The average Bonchev–Trinajstić information content (AvgIpc) is 3.01. The monoisotopic (exact) mass is 275 g/mol. The van der Waals surface area contributed by atoms with E-state index in [1.165, 1.54) is 24.2 Å². The van der Waals surface area contributed by atoms with Crippen molar-refractivity contribution >= 4 is 26.5 Å². The van der Waals surface area contributed by atoms with Crippen molar-refractivity contribution in [1.82, 2.24) is 10.3 Å². The van der Waals surface area contributed by atoms with Crippen LogP contribution in [0, 0.1) is 0 Å². The number of hydrogen-bond donors (Lipinski definition) is 2. The minimum absolute atomic E-state index is 0.0825. The fourth-order valence-corrected chi connectivity index (χ4v) is 3.50. The quantitative estimate of drug-likeness (QED) is 0.737. The highest BCUT2D eigenvalue weighted by atomic mass is 32.2. The molecular weight excluding hydrogens is 258 g/mol. The molecule has 0 saturated heterocycles. The molecule has 1 saturated carbocycles. The van der Waals surface area contributed by atoms with E-state index in [0.717, 1.165) is 12.2 Å². The zero-order valence-corrected chi connectivity index (χ0v) is 11.4. The summed E-state index contributed by atoms with van der Waals surface area (Å²) in [5.74, 6) is 0.644. The molecule has 0 aliphatic heterocycles. The largest absolute Gasteiger partial charge is 0.316 e. The van der Waals surface area contributed by atoms with Crippen molar-refractivity contribution in [2.24, 2.45) is 0 Å². The molecular formula is C10H17N3O2S2. The first-order valence-electron chi connectivity index (χ1n) is 5.77. The minimum Gasteiger partial charge on any atom is -0.316 e. The van der Waals surface area contributed by atoms with Crippen LogP contribution in [-0.4, -0.2) is 32.2 Å². The zero-order valence-electron chi connectivity index (χ0n) is 9.77. The van der Waals surface area contributed by atoms with Crippen LogP contribution in [-0.2, 0) is 10.0 Å². The van der Waals surface area contributed by atoms with Crippen molar-refractivity contribution in [3.8, 4) is 0 Å². The lowest BCUT2D eigenvalue weighted by Gasteiger charge is -2.04. The number of rotatable bonds is 7. The van der Waals surface area contributed by atoms with Crippen LogP contribution >= 0.6 is 11.3 Å². The van der Waals surface area contributed by atoms with Crippen LogP contribution in [0.25, 0.3) is 0 Å². The molecule has 1 aliphatic carbocycles. The van der Waals surface area contributed by atoms with Crippen LogP contribution in [0.3, 0.4) is 0 Å². The first-order valence-corrected chi connectivity index (χ1v) is 8.30. The molecule has 96 valence electrons. The lowest BCUT2D eigenvalue weighted by molar-refractivity contribution is 0.597. The van der Waals surface area contributed by atoms with E-state index < -0.39 is 10.0 Å². The Morgan fingerprint density at radius 2 is 2.29 bits per heavy atom. The van der Waals surface area contributed by atoms with Gasteiger partial charge in [-0.25, -0.2) is 13.4 Å². The van der Waals surface area contributed by atoms with E-state index in [-0.39, 0.29) is 5.75 Å². The van der Waals surface area contributed by atoms with Gasteiger partial charge >= 0.3 is 0 Å². The molecule has 1 heterocycles. The van der Waals surface area contributed by atoms with E-state index >= 15 is 0 Å². The zero-order chi connectivity index (χ0) is 12.3. The molecule has 2 rings (SSSR count). The minimum atomic E-state index is -3.26. The fourth-order valence-electron chi connectivity index (χ4n) is 1.47. The van der Waals surface area contributed by atoms with Crippen LogP contribution in [0.15, 0.2) is 5.38 Å². The third-order valence-corrected chi connectivity index (χ3v) is 4.71. The Kier molecular flexibility index (Phi) is 4.01. The first-order chi connectivity index (χ1) is 8.11. The normalized spacial score (nSPS) is 16.1. The molecule has 5 nitrogen and oxygen atoms in total. The average molecular weight is 275 g/mol. The van der Waals surface area contributed by atoms with Gasteiger partial charge in [-0.3, -0.25) is 4.72 Å². The maximum absolute atomic E-state index is 11.7. The second kappa shape index (κ2) is 5.32. The summed E-state index contributed by atoms with van der Waals surface area (Å²) in [6, 6.07) is 0. The number of sulfonamides is 1. The Bertz CT molecular complexity index is 466. The maximum Gasteiger partial charge on any atom is 0.235 e. The molecule has 0 spiro atoms. The molecule has 0 unspecified atom stereocenters.